The third-order valence-electron chi connectivity index (χ3n) is 5.40. The zero-order valence-corrected chi connectivity index (χ0v) is 27.7. The van der Waals surface area contributed by atoms with Crippen LogP contribution in [0.4, 0.5) is 0 Å². The molecule has 0 aliphatic heterocycles. The minimum Gasteiger partial charge on any atom is -0.303 e. The van der Waals surface area contributed by atoms with Gasteiger partial charge in [-0.25, -0.2) is 9.13 Å². The molecule has 0 amide bonds. The Kier molecular flexibility index (Phi) is 27.4. The molecule has 0 aliphatic carbocycles. The second-order valence-corrected chi connectivity index (χ2v) is 12.6. The molecule has 0 bridgehead atoms. The molecule has 8 nitrogen and oxygen atoms in total. The number of hydrogen-bond donors (Lipinski definition) is 6. The molecule has 0 unspecified atom stereocenters. The van der Waals surface area contributed by atoms with Crippen molar-refractivity contribution in [3.8, 4) is 0 Å². The van der Waals surface area contributed by atoms with Gasteiger partial charge in [-0.05, 0) is 120 Å². The molecule has 0 radical (unpaired) electrons. The molecule has 0 fully saturated rings. The van der Waals surface area contributed by atoms with Gasteiger partial charge in [-0.1, -0.05) is 69.9 Å². The minimum absolute atomic E-state index is 1.17. The van der Waals surface area contributed by atoms with Crippen LogP contribution in [0.5, 0.6) is 0 Å². The lowest BCUT2D eigenvalue weighted by Gasteiger charge is -2.02. The van der Waals surface area contributed by atoms with Crippen LogP contribution in [0.15, 0.2) is 69.9 Å². The molecule has 0 saturated carbocycles. The molecule has 0 rings (SSSR count). The lowest BCUT2D eigenvalue weighted by atomic mass is 10.0. The normalized spacial score (nSPS) is 13.1. The molecule has 0 aromatic heterocycles. The molecule has 0 atom stereocenters. The maximum Gasteiger partial charge on any atom is 0.466 e. The second kappa shape index (κ2) is 25.4. The van der Waals surface area contributed by atoms with Gasteiger partial charge >= 0.3 is 15.6 Å². The van der Waals surface area contributed by atoms with Crippen LogP contribution in [0.25, 0.3) is 0 Å². The average molecular weight is 607 g/mol. The van der Waals surface area contributed by atoms with Gasteiger partial charge < -0.3 is 29.4 Å². The number of unbranched alkanes of at least 4 members (excludes halogenated alkanes) is 1. The van der Waals surface area contributed by atoms with Crippen LogP contribution < -0.4 is 0 Å². The smallest absolute Gasteiger partial charge is 0.303 e. The fourth-order valence-corrected chi connectivity index (χ4v) is 3.34. The third-order valence-corrected chi connectivity index (χ3v) is 5.40. The lowest BCUT2D eigenvalue weighted by Crippen LogP contribution is -1.82. The predicted octanol–water partition coefficient (Wildman–Crippen LogP) is 8.75. The Morgan fingerprint density at radius 3 is 0.775 bits per heavy atom. The van der Waals surface area contributed by atoms with Crippen molar-refractivity contribution in [1.82, 2.24) is 0 Å². The summed E-state index contributed by atoms with van der Waals surface area (Å²) in [6, 6.07) is 0. The van der Waals surface area contributed by atoms with Crippen molar-refractivity contribution in [2.45, 2.75) is 120 Å². The van der Waals surface area contributed by atoms with Gasteiger partial charge in [0.05, 0.1) is 0 Å². The molecular weight excluding hydrogens is 550 g/mol. The largest absolute Gasteiger partial charge is 0.466 e. The first-order chi connectivity index (χ1) is 18.2. The summed E-state index contributed by atoms with van der Waals surface area (Å²) >= 11 is 0. The van der Waals surface area contributed by atoms with E-state index in [4.69, 9.17) is 38.5 Å². The highest BCUT2D eigenvalue weighted by Crippen LogP contribution is 2.26. The first kappa shape index (κ1) is 43.1. The SMILES string of the molecule is CC(C)=CCC/C(C)=C/CC/C(C)=C/CC/C=C(\C)CC/C=C(\C)CCC=C(C)C.O=P(O)(O)O.O=P(O)(O)O. The van der Waals surface area contributed by atoms with Gasteiger partial charge in [0.2, 0.25) is 0 Å². The van der Waals surface area contributed by atoms with Crippen LogP contribution in [0.1, 0.15) is 120 Å². The van der Waals surface area contributed by atoms with Gasteiger partial charge in [-0.3, -0.25) is 0 Å². The molecule has 0 heterocycles. The van der Waals surface area contributed by atoms with Crippen molar-refractivity contribution in [3.63, 3.8) is 0 Å². The van der Waals surface area contributed by atoms with E-state index >= 15 is 0 Å². The van der Waals surface area contributed by atoms with Gasteiger partial charge in [-0.2, -0.15) is 0 Å². The van der Waals surface area contributed by atoms with Crippen molar-refractivity contribution in [1.29, 1.82) is 0 Å². The Bertz CT molecular complexity index is 858. The van der Waals surface area contributed by atoms with E-state index in [1.54, 1.807) is 0 Å². The summed E-state index contributed by atoms with van der Waals surface area (Å²) in [5.41, 5.74) is 8.97. The standard InChI is InChI=1S/C30H50.2H3O4P/c1-25(2)15-11-19-29(7)23-13-21-27(5)17-9-10-18-28(6)22-14-24-30(8)20-12-16-26(3)4;2*1-5(2,3)4/h15-18,23-24H,9-14,19-22H2,1-8H3;2*(H3,1,2,3,4)/b27-17+,28-18+,29-23+,30-24+;;. The van der Waals surface area contributed by atoms with Crippen LogP contribution in [0.3, 0.4) is 0 Å². The van der Waals surface area contributed by atoms with Crippen molar-refractivity contribution >= 4 is 15.6 Å². The highest BCUT2D eigenvalue weighted by molar-refractivity contribution is 7.45. The first-order valence-corrected chi connectivity index (χ1v) is 16.8. The lowest BCUT2D eigenvalue weighted by molar-refractivity contribution is 0.272. The van der Waals surface area contributed by atoms with E-state index in [0.29, 0.717) is 0 Å². The topological polar surface area (TPSA) is 156 Å². The number of hydrogen-bond acceptors (Lipinski definition) is 2. The van der Waals surface area contributed by atoms with E-state index in [-0.39, 0.29) is 0 Å². The van der Waals surface area contributed by atoms with Gasteiger partial charge in [0.15, 0.2) is 0 Å². The van der Waals surface area contributed by atoms with Crippen LogP contribution >= 0.6 is 15.6 Å². The fraction of sp³-hybridized carbons (Fsp3) is 0.600. The molecule has 0 aliphatic rings. The Morgan fingerprint density at radius 1 is 0.400 bits per heavy atom. The number of allylic oxidation sites excluding steroid dienone is 12. The highest BCUT2D eigenvalue weighted by Gasteiger charge is 2.00. The zero-order chi connectivity index (χ0) is 31.8. The molecule has 0 saturated heterocycles. The summed E-state index contributed by atoms with van der Waals surface area (Å²) < 4.78 is 17.8. The van der Waals surface area contributed by atoms with E-state index in [1.165, 1.54) is 97.6 Å². The summed E-state index contributed by atoms with van der Waals surface area (Å²) in [5, 5.41) is 0. The van der Waals surface area contributed by atoms with Crippen molar-refractivity contribution in [2.75, 3.05) is 0 Å². The Labute approximate surface area is 243 Å². The molecule has 6 N–H and O–H groups in total. The summed E-state index contributed by atoms with van der Waals surface area (Å²) in [4.78, 5) is 43.1. The number of phosphoric acid groups is 2. The van der Waals surface area contributed by atoms with Gasteiger partial charge in [0.1, 0.15) is 0 Å². The Hall–Kier alpha value is -1.34. The third kappa shape index (κ3) is 53.0. The molecule has 0 aromatic carbocycles. The molecule has 10 heteroatoms. The van der Waals surface area contributed by atoms with E-state index in [9.17, 15) is 0 Å². The summed E-state index contributed by atoms with van der Waals surface area (Å²) in [6.07, 6.45) is 26.2. The monoisotopic (exact) mass is 606 g/mol. The van der Waals surface area contributed by atoms with Gasteiger partial charge in [0, 0.05) is 0 Å². The maximum absolute atomic E-state index is 8.88. The molecule has 0 aromatic rings. The average Bonchev–Trinajstić information content (AvgIpc) is 2.74. The maximum atomic E-state index is 8.88. The minimum atomic E-state index is -4.64. The van der Waals surface area contributed by atoms with E-state index in [0.717, 1.165) is 0 Å². The van der Waals surface area contributed by atoms with Gasteiger partial charge in [-0.15, -0.1) is 0 Å². The summed E-state index contributed by atoms with van der Waals surface area (Å²) in [5.74, 6) is 0. The molecule has 40 heavy (non-hydrogen) atoms. The Balaban J connectivity index is -0.00000116. The van der Waals surface area contributed by atoms with Crippen LogP contribution in [-0.2, 0) is 9.13 Å². The van der Waals surface area contributed by atoms with Crippen LogP contribution in [-0.4, -0.2) is 29.4 Å². The van der Waals surface area contributed by atoms with Crippen molar-refractivity contribution in [3.05, 3.63) is 69.9 Å². The van der Waals surface area contributed by atoms with E-state index < -0.39 is 15.6 Å². The zero-order valence-electron chi connectivity index (χ0n) is 25.9. The second-order valence-electron chi connectivity index (χ2n) is 10.5. The fourth-order valence-electron chi connectivity index (χ4n) is 3.34. The quantitative estimate of drug-likeness (QED) is 0.0614. The van der Waals surface area contributed by atoms with Crippen molar-refractivity contribution in [2.24, 2.45) is 0 Å². The molecule has 0 spiro atoms. The van der Waals surface area contributed by atoms with E-state index in [2.05, 4.69) is 91.8 Å². The number of rotatable bonds is 15. The molecule has 234 valence electrons. The van der Waals surface area contributed by atoms with Crippen LogP contribution in [0, 0.1) is 0 Å². The molecular formula is C30H56O8P2. The Morgan fingerprint density at radius 2 is 0.575 bits per heavy atom. The van der Waals surface area contributed by atoms with Crippen molar-refractivity contribution < 1.29 is 38.5 Å². The van der Waals surface area contributed by atoms with Gasteiger partial charge in [0.25, 0.3) is 0 Å². The van der Waals surface area contributed by atoms with Crippen LogP contribution in [0.2, 0.25) is 0 Å². The highest BCUT2D eigenvalue weighted by atomic mass is 31.2. The summed E-state index contributed by atoms with van der Waals surface area (Å²) in [6.45, 7) is 17.8. The first-order valence-electron chi connectivity index (χ1n) is 13.7. The predicted molar refractivity (Wildman–Crippen MR) is 169 cm³/mol. The summed E-state index contributed by atoms with van der Waals surface area (Å²) in [7, 11) is -9.28. The van der Waals surface area contributed by atoms with E-state index in [1.807, 2.05) is 0 Å².